The van der Waals surface area contributed by atoms with Gasteiger partial charge in [0.25, 0.3) is 0 Å². The fourth-order valence-electron chi connectivity index (χ4n) is 10.5. The van der Waals surface area contributed by atoms with Gasteiger partial charge in [-0.05, 0) is 117 Å². The maximum Gasteiger partial charge on any atom is 0.164 e. The fourth-order valence-corrected chi connectivity index (χ4v) is 10.5. The number of benzene rings is 11. The highest BCUT2D eigenvalue weighted by atomic mass is 16.3. The molecule has 14 aromatic rings. The van der Waals surface area contributed by atoms with Crippen molar-refractivity contribution in [2.75, 3.05) is 0 Å². The zero-order chi connectivity index (χ0) is 44.0. The number of hydrogen-bond donors (Lipinski definition) is 0. The van der Waals surface area contributed by atoms with Crippen molar-refractivity contribution in [3.8, 4) is 67.7 Å². The highest BCUT2D eigenvalue weighted by Gasteiger charge is 2.19. The van der Waals surface area contributed by atoms with E-state index in [1.165, 1.54) is 70.2 Å². The lowest BCUT2D eigenvalue weighted by molar-refractivity contribution is 0.631. The SMILES string of the molecule is c1ccc(-c2nc(-c3cccc(-c4cc5ccccc5o4)c3)nc(-c3ccccc3-c3ccc(-c4cc5ccc6cccc7c8cccc9ccc%10cccc(c(c4)c5c67)c%10c98)cc3)n2)cc1. The molecule has 0 aliphatic rings. The van der Waals surface area contributed by atoms with E-state index in [2.05, 4.69) is 170 Å². The number of nitrogens with zero attached hydrogens (tertiary/aromatic N) is 3. The van der Waals surface area contributed by atoms with Crippen LogP contribution in [0.1, 0.15) is 0 Å². The second kappa shape index (κ2) is 14.8. The highest BCUT2D eigenvalue weighted by Crippen LogP contribution is 2.45. The maximum absolute atomic E-state index is 6.27. The molecule has 14 rings (SSSR count). The van der Waals surface area contributed by atoms with E-state index in [4.69, 9.17) is 19.4 Å². The Balaban J connectivity index is 0.909. The molecule has 0 atom stereocenters. The van der Waals surface area contributed by atoms with Crippen LogP contribution >= 0.6 is 0 Å². The molecule has 67 heavy (non-hydrogen) atoms. The molecule has 0 radical (unpaired) electrons. The van der Waals surface area contributed by atoms with Crippen LogP contribution in [0.3, 0.4) is 0 Å². The quantitative estimate of drug-likeness (QED) is 0.156. The molecule has 0 aliphatic carbocycles. The summed E-state index contributed by atoms with van der Waals surface area (Å²) in [7, 11) is 0. The van der Waals surface area contributed by atoms with Crippen LogP contribution in [0.15, 0.2) is 229 Å². The Kier molecular flexibility index (Phi) is 8.25. The molecule has 0 aliphatic heterocycles. The number of para-hydroxylation sites is 1. The Morgan fingerprint density at radius 2 is 0.761 bits per heavy atom. The molecular weight excluding hydrogens is 815 g/mol. The number of hydrogen-bond acceptors (Lipinski definition) is 4. The summed E-state index contributed by atoms with van der Waals surface area (Å²) in [4.78, 5) is 15.4. The standard InChI is InChI=1S/C63H37N3O/c1-2-12-43(13-3-1)61-64-62(47-19-8-18-44(34-47)56-37-45-14-4-7-25-55(45)67-56)66-63(65-61)53-21-6-5-20-49(53)39-28-26-38(27-29-39)48-35-46-33-32-42-16-10-23-51-50-22-9-15-40-30-31-41-17-11-24-52(59(41)57(40)50)54(36-48)60(46)58(42)51/h1-37H. The van der Waals surface area contributed by atoms with E-state index in [-0.39, 0.29) is 0 Å². The predicted molar refractivity (Wildman–Crippen MR) is 278 cm³/mol. The minimum Gasteiger partial charge on any atom is -0.456 e. The molecule has 0 bridgehead atoms. The molecule has 310 valence electrons. The summed E-state index contributed by atoms with van der Waals surface area (Å²) in [6.45, 7) is 0. The van der Waals surface area contributed by atoms with E-state index in [0.29, 0.717) is 17.5 Å². The lowest BCUT2D eigenvalue weighted by Gasteiger charge is -2.17. The van der Waals surface area contributed by atoms with E-state index in [9.17, 15) is 0 Å². The van der Waals surface area contributed by atoms with Crippen LogP contribution < -0.4 is 0 Å². The largest absolute Gasteiger partial charge is 0.456 e. The molecule has 0 saturated carbocycles. The lowest BCUT2D eigenvalue weighted by Crippen LogP contribution is -2.01. The smallest absolute Gasteiger partial charge is 0.164 e. The van der Waals surface area contributed by atoms with Gasteiger partial charge in [-0.2, -0.15) is 0 Å². The molecule has 0 spiro atoms. The molecule has 0 saturated heterocycles. The van der Waals surface area contributed by atoms with Gasteiger partial charge in [-0.3, -0.25) is 0 Å². The average molecular weight is 852 g/mol. The van der Waals surface area contributed by atoms with E-state index in [1.54, 1.807) is 0 Å². The zero-order valence-corrected chi connectivity index (χ0v) is 36.1. The molecule has 2 aromatic heterocycles. The molecule has 0 N–H and O–H groups in total. The van der Waals surface area contributed by atoms with Crippen LogP contribution in [0.5, 0.6) is 0 Å². The first-order valence-electron chi connectivity index (χ1n) is 22.7. The van der Waals surface area contributed by atoms with E-state index < -0.39 is 0 Å². The molecule has 0 unspecified atom stereocenters. The number of rotatable bonds is 6. The van der Waals surface area contributed by atoms with Crippen LogP contribution in [0.25, 0.3) is 143 Å². The Bertz CT molecular complexity index is 4230. The molecule has 2 heterocycles. The normalized spacial score (nSPS) is 11.9. The summed E-state index contributed by atoms with van der Waals surface area (Å²) in [5.74, 6) is 2.61. The molecule has 0 fully saturated rings. The van der Waals surface area contributed by atoms with E-state index in [0.717, 1.165) is 55.7 Å². The predicted octanol–water partition coefficient (Wildman–Crippen LogP) is 17.0. The van der Waals surface area contributed by atoms with Crippen LogP contribution in [-0.2, 0) is 0 Å². The van der Waals surface area contributed by atoms with Crippen molar-refractivity contribution in [1.82, 2.24) is 15.0 Å². The first-order valence-corrected chi connectivity index (χ1v) is 22.7. The fraction of sp³-hybridized carbons (Fsp3) is 0. The van der Waals surface area contributed by atoms with Gasteiger partial charge in [0.05, 0.1) is 0 Å². The van der Waals surface area contributed by atoms with Gasteiger partial charge >= 0.3 is 0 Å². The second-order valence-electron chi connectivity index (χ2n) is 17.5. The van der Waals surface area contributed by atoms with Crippen LogP contribution in [-0.4, -0.2) is 15.0 Å². The van der Waals surface area contributed by atoms with Gasteiger partial charge < -0.3 is 4.42 Å². The molecule has 4 nitrogen and oxygen atoms in total. The third-order valence-corrected chi connectivity index (χ3v) is 13.6. The van der Waals surface area contributed by atoms with Crippen molar-refractivity contribution in [3.05, 3.63) is 224 Å². The minimum atomic E-state index is 0.592. The average Bonchev–Trinajstić information content (AvgIpc) is 3.85. The Hall–Kier alpha value is -8.99. The summed E-state index contributed by atoms with van der Waals surface area (Å²) in [5.41, 5.74) is 8.99. The molecule has 12 aromatic carbocycles. The van der Waals surface area contributed by atoms with E-state index >= 15 is 0 Å². The Labute approximate surface area is 385 Å². The van der Waals surface area contributed by atoms with Crippen molar-refractivity contribution in [1.29, 1.82) is 0 Å². The second-order valence-corrected chi connectivity index (χ2v) is 17.5. The highest BCUT2D eigenvalue weighted by molar-refractivity contribution is 6.37. The van der Waals surface area contributed by atoms with Gasteiger partial charge in [-0.15, -0.1) is 0 Å². The van der Waals surface area contributed by atoms with Gasteiger partial charge in [0.2, 0.25) is 0 Å². The summed E-state index contributed by atoms with van der Waals surface area (Å²) < 4.78 is 6.27. The third-order valence-electron chi connectivity index (χ3n) is 13.6. The van der Waals surface area contributed by atoms with Crippen LogP contribution in [0.2, 0.25) is 0 Å². The third kappa shape index (κ3) is 6.04. The van der Waals surface area contributed by atoms with Gasteiger partial charge in [-0.25, -0.2) is 15.0 Å². The van der Waals surface area contributed by atoms with Crippen LogP contribution in [0.4, 0.5) is 0 Å². The topological polar surface area (TPSA) is 51.8 Å². The van der Waals surface area contributed by atoms with Gasteiger partial charge in [0, 0.05) is 27.6 Å². The van der Waals surface area contributed by atoms with Gasteiger partial charge in [-0.1, -0.05) is 194 Å². The number of fused-ring (bicyclic) bond motifs is 3. The Morgan fingerprint density at radius 3 is 1.46 bits per heavy atom. The number of aromatic nitrogens is 3. The summed E-state index contributed by atoms with van der Waals surface area (Å²) >= 11 is 0. The van der Waals surface area contributed by atoms with Crippen molar-refractivity contribution >= 4 is 75.6 Å². The summed E-state index contributed by atoms with van der Waals surface area (Å²) in [6, 6.07) is 80.1. The van der Waals surface area contributed by atoms with Crippen molar-refractivity contribution in [2.45, 2.75) is 0 Å². The van der Waals surface area contributed by atoms with Gasteiger partial charge in [0.1, 0.15) is 11.3 Å². The summed E-state index contributed by atoms with van der Waals surface area (Å²) in [5, 5.41) is 16.4. The molecule has 0 amide bonds. The molecular formula is C63H37N3O. The minimum absolute atomic E-state index is 0.592. The van der Waals surface area contributed by atoms with Crippen molar-refractivity contribution in [2.24, 2.45) is 0 Å². The molecule has 4 heteroatoms. The zero-order valence-electron chi connectivity index (χ0n) is 36.1. The van der Waals surface area contributed by atoms with Crippen molar-refractivity contribution < 1.29 is 4.42 Å². The lowest BCUT2D eigenvalue weighted by atomic mass is 9.86. The number of furan rings is 1. The maximum atomic E-state index is 6.27. The van der Waals surface area contributed by atoms with Crippen LogP contribution in [0, 0.1) is 0 Å². The first-order chi connectivity index (χ1) is 33.2. The van der Waals surface area contributed by atoms with Crippen molar-refractivity contribution in [3.63, 3.8) is 0 Å². The monoisotopic (exact) mass is 851 g/mol. The van der Waals surface area contributed by atoms with E-state index in [1.807, 2.05) is 54.6 Å². The Morgan fingerprint density at radius 1 is 0.254 bits per heavy atom. The first kappa shape index (κ1) is 37.4. The van der Waals surface area contributed by atoms with Gasteiger partial charge in [0.15, 0.2) is 17.5 Å². The summed E-state index contributed by atoms with van der Waals surface area (Å²) in [6.07, 6.45) is 0.